The second-order valence-electron chi connectivity index (χ2n) is 4.00. The van der Waals surface area contributed by atoms with E-state index < -0.39 is 11.9 Å². The second kappa shape index (κ2) is 5.29. The van der Waals surface area contributed by atoms with Gasteiger partial charge in [0.25, 0.3) is 0 Å². The Labute approximate surface area is 108 Å². The van der Waals surface area contributed by atoms with Gasteiger partial charge in [0, 0.05) is 12.7 Å². The monoisotopic (exact) mass is 270 g/mol. The molecule has 2 heterocycles. The maximum atomic E-state index is 12.5. The van der Waals surface area contributed by atoms with E-state index in [0.29, 0.717) is 5.69 Å². The summed E-state index contributed by atoms with van der Waals surface area (Å²) in [5.74, 6) is 0. The Morgan fingerprint density at radius 3 is 2.74 bits per heavy atom. The molecular weight excluding hydrogens is 257 g/mol. The first-order valence-electron chi connectivity index (χ1n) is 5.83. The van der Waals surface area contributed by atoms with E-state index in [4.69, 9.17) is 0 Å². The molecule has 0 atom stereocenters. The minimum absolute atomic E-state index is 0.483. The molecule has 0 saturated carbocycles. The highest BCUT2D eigenvalue weighted by Crippen LogP contribution is 2.27. The van der Waals surface area contributed by atoms with Gasteiger partial charge in [0.15, 0.2) is 5.69 Å². The lowest BCUT2D eigenvalue weighted by atomic mass is 10.3. The first-order chi connectivity index (χ1) is 9.00. The van der Waals surface area contributed by atoms with E-state index in [-0.39, 0.29) is 0 Å². The molecule has 7 heteroatoms. The summed E-state index contributed by atoms with van der Waals surface area (Å²) in [4.78, 5) is 3.98. The van der Waals surface area contributed by atoms with E-state index in [1.165, 1.54) is 12.4 Å². The number of nitrogens with zero attached hydrogens (tertiary/aromatic N) is 3. The van der Waals surface area contributed by atoms with Crippen LogP contribution in [0.3, 0.4) is 0 Å². The van der Waals surface area contributed by atoms with Crippen molar-refractivity contribution in [3.05, 3.63) is 36.4 Å². The van der Waals surface area contributed by atoms with Crippen LogP contribution in [0.1, 0.15) is 19.0 Å². The summed E-state index contributed by atoms with van der Waals surface area (Å²) >= 11 is 0. The minimum Gasteiger partial charge on any atom is -0.384 e. The molecule has 0 unspecified atom stereocenters. The molecule has 0 fully saturated rings. The molecule has 4 nitrogen and oxygen atoms in total. The van der Waals surface area contributed by atoms with Crippen LogP contribution in [-0.4, -0.2) is 21.3 Å². The van der Waals surface area contributed by atoms with Crippen molar-refractivity contribution in [2.24, 2.45) is 0 Å². The molecule has 0 saturated heterocycles. The third kappa shape index (κ3) is 3.24. The average molecular weight is 270 g/mol. The summed E-state index contributed by atoms with van der Waals surface area (Å²) in [6.45, 7) is 2.80. The zero-order valence-electron chi connectivity index (χ0n) is 10.3. The van der Waals surface area contributed by atoms with Crippen molar-refractivity contribution < 1.29 is 13.2 Å². The Bertz CT molecular complexity index is 548. The molecule has 1 N–H and O–H groups in total. The summed E-state index contributed by atoms with van der Waals surface area (Å²) in [6.07, 6.45) is 0.863. The average Bonchev–Trinajstić information content (AvgIpc) is 2.86. The molecule has 0 aliphatic carbocycles. The normalized spacial score (nSPS) is 11.6. The highest BCUT2D eigenvalue weighted by atomic mass is 19.4. The number of rotatable bonds is 4. The highest BCUT2D eigenvalue weighted by Gasteiger charge is 2.33. The molecular formula is C12H13F3N4. The molecule has 0 aromatic carbocycles. The van der Waals surface area contributed by atoms with Gasteiger partial charge in [-0.1, -0.05) is 6.92 Å². The van der Waals surface area contributed by atoms with Crippen molar-refractivity contribution >= 4 is 5.69 Å². The zero-order chi connectivity index (χ0) is 13.9. The van der Waals surface area contributed by atoms with E-state index in [2.05, 4.69) is 15.4 Å². The molecule has 0 bridgehead atoms. The molecule has 0 radical (unpaired) electrons. The number of alkyl halides is 3. The van der Waals surface area contributed by atoms with Crippen LogP contribution in [0.2, 0.25) is 0 Å². The maximum absolute atomic E-state index is 12.5. The van der Waals surface area contributed by atoms with Crippen LogP contribution >= 0.6 is 0 Å². The van der Waals surface area contributed by atoms with E-state index >= 15 is 0 Å². The lowest BCUT2D eigenvalue weighted by Crippen LogP contribution is -2.07. The number of halogens is 3. The van der Waals surface area contributed by atoms with Crippen LogP contribution < -0.4 is 5.32 Å². The number of hydrogen-bond acceptors (Lipinski definition) is 3. The molecule has 0 aliphatic rings. The summed E-state index contributed by atoms with van der Waals surface area (Å²) in [6, 6.07) is 2.64. The number of pyridine rings is 1. The Hall–Kier alpha value is -2.05. The van der Waals surface area contributed by atoms with Gasteiger partial charge in [-0.3, -0.25) is 4.98 Å². The fourth-order valence-corrected chi connectivity index (χ4v) is 1.54. The van der Waals surface area contributed by atoms with Crippen molar-refractivity contribution in [1.29, 1.82) is 0 Å². The fraction of sp³-hybridized carbons (Fsp3) is 0.333. The minimum atomic E-state index is -4.43. The van der Waals surface area contributed by atoms with E-state index in [1.807, 2.05) is 6.92 Å². The van der Waals surface area contributed by atoms with Crippen LogP contribution in [0.15, 0.2) is 30.7 Å². The molecule has 19 heavy (non-hydrogen) atoms. The zero-order valence-corrected chi connectivity index (χ0v) is 10.3. The number of aromatic nitrogens is 3. The van der Waals surface area contributed by atoms with Gasteiger partial charge in [0.1, 0.15) is 0 Å². The Balaban J connectivity index is 2.24. The van der Waals surface area contributed by atoms with Gasteiger partial charge in [-0.2, -0.15) is 18.3 Å². The first kappa shape index (κ1) is 13.4. The van der Waals surface area contributed by atoms with Gasteiger partial charge in [0.05, 0.1) is 23.8 Å². The van der Waals surface area contributed by atoms with Gasteiger partial charge < -0.3 is 5.32 Å². The summed E-state index contributed by atoms with van der Waals surface area (Å²) in [5, 5.41) is 6.61. The van der Waals surface area contributed by atoms with Gasteiger partial charge in [-0.15, -0.1) is 0 Å². The molecule has 2 aromatic rings. The number of anilines is 1. The van der Waals surface area contributed by atoms with E-state index in [0.717, 1.165) is 29.4 Å². The van der Waals surface area contributed by atoms with E-state index in [9.17, 15) is 13.2 Å². The Morgan fingerprint density at radius 1 is 1.32 bits per heavy atom. The topological polar surface area (TPSA) is 42.7 Å². The second-order valence-corrected chi connectivity index (χ2v) is 4.00. The Morgan fingerprint density at radius 2 is 2.11 bits per heavy atom. The van der Waals surface area contributed by atoms with Crippen LogP contribution in [0.25, 0.3) is 5.69 Å². The third-order valence-electron chi connectivity index (χ3n) is 2.45. The van der Waals surface area contributed by atoms with Gasteiger partial charge in [-0.25, -0.2) is 4.68 Å². The molecule has 2 aromatic heterocycles. The van der Waals surface area contributed by atoms with Crippen molar-refractivity contribution in [2.75, 3.05) is 11.9 Å². The van der Waals surface area contributed by atoms with Crippen LogP contribution in [-0.2, 0) is 6.18 Å². The van der Waals surface area contributed by atoms with Gasteiger partial charge in [-0.05, 0) is 18.6 Å². The number of hydrogen-bond donors (Lipinski definition) is 1. The standard InChI is InChI=1S/C12H13F3N4/c1-2-4-17-9-6-10(8-16-7-9)19-5-3-11(18-19)12(13,14)15/h3,5-8,17H,2,4H2,1H3. The third-order valence-corrected chi connectivity index (χ3v) is 2.45. The summed E-state index contributed by atoms with van der Waals surface area (Å²) < 4.78 is 38.5. The van der Waals surface area contributed by atoms with Gasteiger partial charge in [0.2, 0.25) is 0 Å². The summed E-state index contributed by atoms with van der Waals surface area (Å²) in [7, 11) is 0. The van der Waals surface area contributed by atoms with Crippen molar-refractivity contribution in [3.63, 3.8) is 0 Å². The van der Waals surface area contributed by atoms with Crippen molar-refractivity contribution in [2.45, 2.75) is 19.5 Å². The summed E-state index contributed by atoms with van der Waals surface area (Å²) in [5.41, 5.74) is 0.319. The van der Waals surface area contributed by atoms with Crippen molar-refractivity contribution in [3.8, 4) is 5.69 Å². The highest BCUT2D eigenvalue weighted by molar-refractivity contribution is 5.47. The largest absolute Gasteiger partial charge is 0.435 e. The van der Waals surface area contributed by atoms with Crippen LogP contribution in [0, 0.1) is 0 Å². The Kier molecular flexibility index (Phi) is 3.73. The molecule has 0 amide bonds. The van der Waals surface area contributed by atoms with Gasteiger partial charge >= 0.3 is 6.18 Å². The first-order valence-corrected chi connectivity index (χ1v) is 5.83. The number of nitrogens with one attached hydrogen (secondary N) is 1. The molecule has 2 rings (SSSR count). The van der Waals surface area contributed by atoms with Crippen LogP contribution in [0.5, 0.6) is 0 Å². The fourth-order valence-electron chi connectivity index (χ4n) is 1.54. The van der Waals surface area contributed by atoms with E-state index in [1.54, 1.807) is 12.3 Å². The SMILES string of the molecule is CCCNc1cncc(-n2ccc(C(F)(F)F)n2)c1. The predicted octanol–water partition coefficient (Wildman–Crippen LogP) is 3.11. The predicted molar refractivity (Wildman–Crippen MR) is 65.1 cm³/mol. The lowest BCUT2D eigenvalue weighted by Gasteiger charge is -2.07. The molecule has 0 aliphatic heterocycles. The quantitative estimate of drug-likeness (QED) is 0.928. The smallest absolute Gasteiger partial charge is 0.384 e. The van der Waals surface area contributed by atoms with Crippen LogP contribution in [0.4, 0.5) is 18.9 Å². The van der Waals surface area contributed by atoms with Crippen molar-refractivity contribution in [1.82, 2.24) is 14.8 Å². The lowest BCUT2D eigenvalue weighted by molar-refractivity contribution is -0.141. The maximum Gasteiger partial charge on any atom is 0.435 e. The molecule has 0 spiro atoms. The molecule has 102 valence electrons.